The number of sulfonamides is 1. The number of carbonyl (C=O) groups excluding carboxylic acids is 1. The number of rotatable bonds is 7. The van der Waals surface area contributed by atoms with Crippen LogP contribution in [0, 0.1) is 12.8 Å². The highest BCUT2D eigenvalue weighted by atomic mass is 32.2. The van der Waals surface area contributed by atoms with Crippen LogP contribution in [0.25, 0.3) is 0 Å². The lowest BCUT2D eigenvalue weighted by atomic mass is 9.92. The Labute approximate surface area is 184 Å². The second kappa shape index (κ2) is 9.35. The van der Waals surface area contributed by atoms with E-state index in [1.165, 1.54) is 11.4 Å². The van der Waals surface area contributed by atoms with Crippen molar-refractivity contribution in [2.24, 2.45) is 5.92 Å². The highest BCUT2D eigenvalue weighted by Crippen LogP contribution is 2.26. The Morgan fingerprint density at radius 1 is 0.871 bits per heavy atom. The van der Waals surface area contributed by atoms with Crippen LogP contribution in [0.5, 0.6) is 0 Å². The predicted molar refractivity (Wildman–Crippen MR) is 125 cm³/mol. The van der Waals surface area contributed by atoms with E-state index >= 15 is 0 Å². The fraction of sp³-hybridized carbons (Fsp3) is 0.240. The molecule has 0 radical (unpaired) electrons. The zero-order valence-corrected chi connectivity index (χ0v) is 19.1. The van der Waals surface area contributed by atoms with Gasteiger partial charge >= 0.3 is 0 Å². The van der Waals surface area contributed by atoms with Gasteiger partial charge in [-0.05, 0) is 60.4 Å². The molecule has 0 bridgehead atoms. The maximum Gasteiger partial charge on any atom is 0.264 e. The van der Waals surface area contributed by atoms with E-state index in [9.17, 15) is 13.2 Å². The molecule has 0 aliphatic rings. The fourth-order valence-electron chi connectivity index (χ4n) is 3.48. The molecule has 0 fully saturated rings. The average Bonchev–Trinajstić information content (AvgIpc) is 2.78. The van der Waals surface area contributed by atoms with E-state index < -0.39 is 10.0 Å². The van der Waals surface area contributed by atoms with Crippen LogP contribution in [-0.4, -0.2) is 21.4 Å². The van der Waals surface area contributed by atoms with Crippen LogP contribution in [0.3, 0.4) is 0 Å². The van der Waals surface area contributed by atoms with Crippen molar-refractivity contribution in [3.05, 3.63) is 95.6 Å². The summed E-state index contributed by atoms with van der Waals surface area (Å²) in [5.74, 6) is 0.0218. The third kappa shape index (κ3) is 4.97. The first kappa shape index (κ1) is 22.6. The Balaban J connectivity index is 1.79. The summed E-state index contributed by atoms with van der Waals surface area (Å²) in [5, 5.41) is 3.12. The second-order valence-corrected chi connectivity index (χ2v) is 9.85. The van der Waals surface area contributed by atoms with Gasteiger partial charge in [0.15, 0.2) is 0 Å². The topological polar surface area (TPSA) is 66.5 Å². The summed E-state index contributed by atoms with van der Waals surface area (Å²) in [5.41, 5.74) is 3.19. The van der Waals surface area contributed by atoms with E-state index in [4.69, 9.17) is 0 Å². The van der Waals surface area contributed by atoms with Gasteiger partial charge < -0.3 is 5.32 Å². The van der Waals surface area contributed by atoms with Crippen molar-refractivity contribution in [1.29, 1.82) is 0 Å². The van der Waals surface area contributed by atoms with Gasteiger partial charge in [-0.3, -0.25) is 9.10 Å². The maximum atomic E-state index is 12.9. The first-order valence-corrected chi connectivity index (χ1v) is 11.7. The molecule has 31 heavy (non-hydrogen) atoms. The third-order valence-electron chi connectivity index (χ3n) is 5.37. The van der Waals surface area contributed by atoms with Crippen LogP contribution in [0.4, 0.5) is 5.69 Å². The molecule has 0 spiro atoms. The Morgan fingerprint density at radius 2 is 1.45 bits per heavy atom. The molecule has 6 heteroatoms. The van der Waals surface area contributed by atoms with Gasteiger partial charge in [-0.15, -0.1) is 0 Å². The summed E-state index contributed by atoms with van der Waals surface area (Å²) in [4.78, 5) is 13.1. The minimum absolute atomic E-state index is 0.116. The van der Waals surface area contributed by atoms with Crippen LogP contribution in [-0.2, 0) is 10.0 Å². The highest BCUT2D eigenvalue weighted by Gasteiger charge is 2.23. The molecule has 0 saturated carbocycles. The van der Waals surface area contributed by atoms with Crippen molar-refractivity contribution in [2.75, 3.05) is 11.4 Å². The van der Waals surface area contributed by atoms with Gasteiger partial charge in [0.25, 0.3) is 15.9 Å². The number of anilines is 1. The van der Waals surface area contributed by atoms with E-state index in [2.05, 4.69) is 19.2 Å². The van der Waals surface area contributed by atoms with Crippen LogP contribution < -0.4 is 9.62 Å². The lowest BCUT2D eigenvalue weighted by Crippen LogP contribution is -2.32. The Morgan fingerprint density at radius 3 is 2.03 bits per heavy atom. The van der Waals surface area contributed by atoms with Gasteiger partial charge in [-0.2, -0.15) is 0 Å². The fourth-order valence-corrected chi connectivity index (χ4v) is 4.69. The number of benzene rings is 3. The lowest BCUT2D eigenvalue weighted by Gasteiger charge is -2.25. The SMILES string of the molecule is Cc1ccccc1[C@H](NC(=O)c1ccc(N(C)S(=O)(=O)c2ccccc2)cc1)C(C)C. The van der Waals surface area contributed by atoms with Crippen molar-refractivity contribution in [3.63, 3.8) is 0 Å². The standard InChI is InChI=1S/C25H28N2O3S/c1-18(2)24(23-13-9-8-10-19(23)3)26-25(28)20-14-16-21(17-15-20)27(4)31(29,30)22-11-6-5-7-12-22/h5-18,24H,1-4H3,(H,26,28)/t24-/m1/s1. The van der Waals surface area contributed by atoms with E-state index in [0.29, 0.717) is 11.3 Å². The van der Waals surface area contributed by atoms with Gasteiger partial charge in [0.1, 0.15) is 0 Å². The van der Waals surface area contributed by atoms with Crippen molar-refractivity contribution in [3.8, 4) is 0 Å². The van der Waals surface area contributed by atoms with Crippen molar-refractivity contribution in [2.45, 2.75) is 31.7 Å². The number of hydrogen-bond acceptors (Lipinski definition) is 3. The van der Waals surface area contributed by atoms with E-state index in [-0.39, 0.29) is 22.8 Å². The van der Waals surface area contributed by atoms with Crippen molar-refractivity contribution in [1.82, 2.24) is 5.32 Å². The monoisotopic (exact) mass is 436 g/mol. The zero-order chi connectivity index (χ0) is 22.6. The quantitative estimate of drug-likeness (QED) is 0.570. The van der Waals surface area contributed by atoms with E-state index in [0.717, 1.165) is 11.1 Å². The van der Waals surface area contributed by atoms with Gasteiger partial charge in [-0.25, -0.2) is 8.42 Å². The van der Waals surface area contributed by atoms with Crippen LogP contribution in [0.1, 0.15) is 41.4 Å². The van der Waals surface area contributed by atoms with Crippen molar-refractivity contribution >= 4 is 21.6 Å². The molecular weight excluding hydrogens is 408 g/mol. The average molecular weight is 437 g/mol. The first-order valence-electron chi connectivity index (χ1n) is 10.2. The molecule has 3 aromatic carbocycles. The maximum absolute atomic E-state index is 12.9. The molecule has 0 aliphatic heterocycles. The van der Waals surface area contributed by atoms with E-state index in [1.54, 1.807) is 54.6 Å². The highest BCUT2D eigenvalue weighted by molar-refractivity contribution is 7.92. The number of carbonyl (C=O) groups is 1. The van der Waals surface area contributed by atoms with Crippen molar-refractivity contribution < 1.29 is 13.2 Å². The molecular formula is C25H28N2O3S. The molecule has 3 aromatic rings. The molecule has 0 aromatic heterocycles. The molecule has 1 atom stereocenters. The molecule has 162 valence electrons. The molecule has 0 aliphatic carbocycles. The number of hydrogen-bond donors (Lipinski definition) is 1. The minimum Gasteiger partial charge on any atom is -0.345 e. The molecule has 1 N–H and O–H groups in total. The molecule has 0 unspecified atom stereocenters. The molecule has 0 heterocycles. The molecule has 0 saturated heterocycles. The second-order valence-electron chi connectivity index (χ2n) is 7.88. The number of amides is 1. The Bertz CT molecular complexity index is 1140. The van der Waals surface area contributed by atoms with Crippen LogP contribution in [0.15, 0.2) is 83.8 Å². The predicted octanol–water partition coefficient (Wildman–Crippen LogP) is 4.95. The molecule has 1 amide bonds. The summed E-state index contributed by atoms with van der Waals surface area (Å²) < 4.78 is 26.8. The largest absolute Gasteiger partial charge is 0.345 e. The van der Waals surface area contributed by atoms with Crippen LogP contribution >= 0.6 is 0 Å². The number of nitrogens with zero attached hydrogens (tertiary/aromatic N) is 1. The molecule has 3 rings (SSSR count). The summed E-state index contributed by atoms with van der Waals surface area (Å²) in [6.07, 6.45) is 0. The minimum atomic E-state index is -3.66. The normalized spacial score (nSPS) is 12.4. The van der Waals surface area contributed by atoms with Gasteiger partial charge in [0, 0.05) is 12.6 Å². The smallest absolute Gasteiger partial charge is 0.264 e. The molecule has 5 nitrogen and oxygen atoms in total. The van der Waals surface area contributed by atoms with Gasteiger partial charge in [0.2, 0.25) is 0 Å². The third-order valence-corrected chi connectivity index (χ3v) is 7.17. The Kier molecular flexibility index (Phi) is 6.81. The number of aryl methyl sites for hydroxylation is 1. The lowest BCUT2D eigenvalue weighted by molar-refractivity contribution is 0.0925. The summed E-state index contributed by atoms with van der Waals surface area (Å²) in [6.45, 7) is 6.18. The Hall–Kier alpha value is -3.12. The summed E-state index contributed by atoms with van der Waals surface area (Å²) in [7, 11) is -2.16. The van der Waals surface area contributed by atoms with E-state index in [1.807, 2.05) is 31.2 Å². The number of nitrogens with one attached hydrogen (secondary N) is 1. The first-order chi connectivity index (χ1) is 14.7. The summed E-state index contributed by atoms with van der Waals surface area (Å²) in [6, 6.07) is 22.8. The van der Waals surface area contributed by atoms with Gasteiger partial charge in [0.05, 0.1) is 16.6 Å². The summed E-state index contributed by atoms with van der Waals surface area (Å²) >= 11 is 0. The van der Waals surface area contributed by atoms with Gasteiger partial charge in [-0.1, -0.05) is 56.3 Å². The van der Waals surface area contributed by atoms with Crippen LogP contribution in [0.2, 0.25) is 0 Å². The zero-order valence-electron chi connectivity index (χ0n) is 18.2.